The molecule has 1 aromatic rings. The predicted octanol–water partition coefficient (Wildman–Crippen LogP) is 3.50. The van der Waals surface area contributed by atoms with E-state index in [2.05, 4.69) is 5.32 Å². The van der Waals surface area contributed by atoms with Crippen molar-refractivity contribution in [1.29, 1.82) is 0 Å². The summed E-state index contributed by atoms with van der Waals surface area (Å²) in [5.74, 6) is -1.25. The highest BCUT2D eigenvalue weighted by molar-refractivity contribution is 5.81. The number of halogens is 4. The Bertz CT molecular complexity index is 708. The van der Waals surface area contributed by atoms with Gasteiger partial charge in [0.05, 0.1) is 5.56 Å². The van der Waals surface area contributed by atoms with Crippen molar-refractivity contribution in [2.45, 2.75) is 44.8 Å². The van der Waals surface area contributed by atoms with Gasteiger partial charge in [-0.25, -0.2) is 4.39 Å². The molecule has 3 rings (SSSR count). The molecule has 27 heavy (non-hydrogen) atoms. The number of amides is 2. The van der Waals surface area contributed by atoms with Gasteiger partial charge in [0.25, 0.3) is 0 Å². The summed E-state index contributed by atoms with van der Waals surface area (Å²) in [6.45, 7) is 0.873. The van der Waals surface area contributed by atoms with Crippen LogP contribution in [0.4, 0.5) is 17.6 Å². The van der Waals surface area contributed by atoms with E-state index in [1.165, 1.54) is 0 Å². The number of carbonyl (C=O) groups is 2. The topological polar surface area (TPSA) is 49.4 Å². The van der Waals surface area contributed by atoms with Crippen molar-refractivity contribution in [3.8, 4) is 0 Å². The van der Waals surface area contributed by atoms with Crippen LogP contribution in [-0.2, 0) is 22.3 Å². The Labute approximate surface area is 154 Å². The third-order valence-electron chi connectivity index (χ3n) is 5.38. The summed E-state index contributed by atoms with van der Waals surface area (Å²) in [7, 11) is 0. The van der Waals surface area contributed by atoms with Crippen molar-refractivity contribution in [2.24, 2.45) is 11.8 Å². The zero-order chi connectivity index (χ0) is 19.6. The lowest BCUT2D eigenvalue weighted by atomic mass is 9.83. The van der Waals surface area contributed by atoms with E-state index in [0.29, 0.717) is 32.0 Å². The monoisotopic (exact) mass is 386 g/mol. The maximum absolute atomic E-state index is 13.4. The van der Waals surface area contributed by atoms with Crippen LogP contribution in [0.1, 0.15) is 43.2 Å². The molecule has 1 aliphatic carbocycles. The molecule has 0 bridgehead atoms. The fourth-order valence-corrected chi connectivity index (χ4v) is 3.53. The Balaban J connectivity index is 1.50. The first kappa shape index (κ1) is 19.6. The number of nitrogens with one attached hydrogen (secondary N) is 1. The molecule has 1 saturated carbocycles. The second-order valence-corrected chi connectivity index (χ2v) is 7.29. The molecule has 1 aromatic carbocycles. The number of likely N-dealkylation sites (tertiary alicyclic amines) is 1. The third kappa shape index (κ3) is 4.78. The van der Waals surface area contributed by atoms with Gasteiger partial charge in [-0.2, -0.15) is 13.2 Å². The van der Waals surface area contributed by atoms with Crippen LogP contribution < -0.4 is 5.32 Å². The highest BCUT2D eigenvalue weighted by Crippen LogP contribution is 2.31. The van der Waals surface area contributed by atoms with Gasteiger partial charge in [0, 0.05) is 31.5 Å². The maximum atomic E-state index is 13.4. The second kappa shape index (κ2) is 7.86. The first-order valence-electron chi connectivity index (χ1n) is 9.17. The van der Waals surface area contributed by atoms with Crippen LogP contribution in [0.25, 0.3) is 0 Å². The maximum Gasteiger partial charge on any atom is 0.416 e. The number of benzene rings is 1. The van der Waals surface area contributed by atoms with E-state index in [-0.39, 0.29) is 35.8 Å². The molecule has 0 atom stereocenters. The summed E-state index contributed by atoms with van der Waals surface area (Å²) in [4.78, 5) is 26.3. The number of alkyl halides is 3. The number of hydrogen-bond donors (Lipinski definition) is 1. The molecule has 2 amide bonds. The van der Waals surface area contributed by atoms with Crippen LogP contribution in [0.5, 0.6) is 0 Å². The van der Waals surface area contributed by atoms with Crippen molar-refractivity contribution < 1.29 is 27.2 Å². The van der Waals surface area contributed by atoms with Crippen molar-refractivity contribution in [3.05, 3.63) is 35.1 Å². The first-order chi connectivity index (χ1) is 12.7. The predicted molar refractivity (Wildman–Crippen MR) is 89.9 cm³/mol. The van der Waals surface area contributed by atoms with Crippen LogP contribution in [0, 0.1) is 17.7 Å². The molecule has 0 unspecified atom stereocenters. The van der Waals surface area contributed by atoms with Crippen LogP contribution in [0.3, 0.4) is 0 Å². The minimum Gasteiger partial charge on any atom is -0.352 e. The summed E-state index contributed by atoms with van der Waals surface area (Å²) >= 11 is 0. The molecule has 0 aromatic heterocycles. The standard InChI is InChI=1S/C19H22F4N2O2/c20-16-9-12(8-15(10-16)19(21,22)23)11-24-17(26)13-4-6-25(7-5-13)18(27)14-2-1-3-14/h8-10,13-14H,1-7,11H2,(H,24,26). The fourth-order valence-electron chi connectivity index (χ4n) is 3.53. The van der Waals surface area contributed by atoms with E-state index in [1.54, 1.807) is 4.90 Å². The van der Waals surface area contributed by atoms with Crippen molar-refractivity contribution in [3.63, 3.8) is 0 Å². The van der Waals surface area contributed by atoms with E-state index >= 15 is 0 Å². The Hall–Kier alpha value is -2.12. The average Bonchev–Trinajstić information content (AvgIpc) is 2.57. The van der Waals surface area contributed by atoms with E-state index in [4.69, 9.17) is 0 Å². The Morgan fingerprint density at radius 3 is 2.26 bits per heavy atom. The largest absolute Gasteiger partial charge is 0.416 e. The first-order valence-corrected chi connectivity index (χ1v) is 9.17. The number of hydrogen-bond acceptors (Lipinski definition) is 2. The molecule has 1 N–H and O–H groups in total. The Morgan fingerprint density at radius 1 is 1.04 bits per heavy atom. The van der Waals surface area contributed by atoms with E-state index < -0.39 is 17.6 Å². The van der Waals surface area contributed by atoms with Crippen LogP contribution >= 0.6 is 0 Å². The van der Waals surface area contributed by atoms with E-state index in [0.717, 1.165) is 31.4 Å². The van der Waals surface area contributed by atoms with Crippen LogP contribution in [0.15, 0.2) is 18.2 Å². The zero-order valence-corrected chi connectivity index (χ0v) is 14.8. The summed E-state index contributed by atoms with van der Waals surface area (Å²) < 4.78 is 51.6. The molecule has 1 heterocycles. The second-order valence-electron chi connectivity index (χ2n) is 7.29. The average molecular weight is 386 g/mol. The van der Waals surface area contributed by atoms with Crippen molar-refractivity contribution in [2.75, 3.05) is 13.1 Å². The van der Waals surface area contributed by atoms with Gasteiger partial charge in [-0.3, -0.25) is 9.59 Å². The van der Waals surface area contributed by atoms with Gasteiger partial charge < -0.3 is 10.2 Å². The summed E-state index contributed by atoms with van der Waals surface area (Å²) in [6, 6.07) is 2.25. The molecule has 4 nitrogen and oxygen atoms in total. The highest BCUT2D eigenvalue weighted by Gasteiger charge is 2.33. The minimum absolute atomic E-state index is 0.0632. The quantitative estimate of drug-likeness (QED) is 0.806. The van der Waals surface area contributed by atoms with Crippen LogP contribution in [0.2, 0.25) is 0 Å². The van der Waals surface area contributed by atoms with Gasteiger partial charge in [0.15, 0.2) is 0 Å². The third-order valence-corrected chi connectivity index (χ3v) is 5.38. The van der Waals surface area contributed by atoms with Gasteiger partial charge in [-0.1, -0.05) is 6.42 Å². The smallest absolute Gasteiger partial charge is 0.352 e. The molecule has 148 valence electrons. The Morgan fingerprint density at radius 2 is 1.70 bits per heavy atom. The highest BCUT2D eigenvalue weighted by atomic mass is 19.4. The van der Waals surface area contributed by atoms with Gasteiger partial charge >= 0.3 is 6.18 Å². The summed E-state index contributed by atoms with van der Waals surface area (Å²) in [6.07, 6.45) is -0.617. The number of carbonyl (C=O) groups excluding carboxylic acids is 2. The lowest BCUT2D eigenvalue weighted by molar-refractivity contribution is -0.141. The molecule has 1 aliphatic heterocycles. The summed E-state index contributed by atoms with van der Waals surface area (Å²) in [5.41, 5.74) is -1.01. The molecule has 8 heteroatoms. The Kier molecular flexibility index (Phi) is 5.72. The zero-order valence-electron chi connectivity index (χ0n) is 14.8. The molecular weight excluding hydrogens is 364 g/mol. The number of nitrogens with zero attached hydrogens (tertiary/aromatic N) is 1. The van der Waals surface area contributed by atoms with Crippen molar-refractivity contribution in [1.82, 2.24) is 10.2 Å². The fraction of sp³-hybridized carbons (Fsp3) is 0.579. The minimum atomic E-state index is -4.64. The van der Waals surface area contributed by atoms with Gasteiger partial charge in [-0.15, -0.1) is 0 Å². The molecule has 2 aliphatic rings. The molecule has 0 spiro atoms. The molecule has 0 radical (unpaired) electrons. The lowest BCUT2D eigenvalue weighted by Gasteiger charge is -2.36. The summed E-state index contributed by atoms with van der Waals surface area (Å²) in [5, 5.41) is 2.59. The van der Waals surface area contributed by atoms with Crippen molar-refractivity contribution >= 4 is 11.8 Å². The van der Waals surface area contributed by atoms with Crippen LogP contribution in [-0.4, -0.2) is 29.8 Å². The molecule has 1 saturated heterocycles. The number of piperidine rings is 1. The van der Waals surface area contributed by atoms with Gasteiger partial charge in [-0.05, 0) is 49.4 Å². The van der Waals surface area contributed by atoms with E-state index in [1.807, 2.05) is 0 Å². The lowest BCUT2D eigenvalue weighted by Crippen LogP contribution is -2.46. The van der Waals surface area contributed by atoms with E-state index in [9.17, 15) is 27.2 Å². The normalized spacial score (nSPS) is 18.9. The van der Waals surface area contributed by atoms with Gasteiger partial charge in [0.1, 0.15) is 5.82 Å². The molecular formula is C19H22F4N2O2. The number of rotatable bonds is 4. The molecule has 2 fully saturated rings. The SMILES string of the molecule is O=C(NCc1cc(F)cc(C(F)(F)F)c1)C1CCN(C(=O)C2CCC2)CC1. The van der Waals surface area contributed by atoms with Gasteiger partial charge in [0.2, 0.25) is 11.8 Å².